The van der Waals surface area contributed by atoms with Crippen LogP contribution in [0.15, 0.2) is 18.2 Å². The highest BCUT2D eigenvalue weighted by Gasteiger charge is 2.33. The molecule has 1 aliphatic heterocycles. The van der Waals surface area contributed by atoms with Crippen LogP contribution in [-0.4, -0.2) is 41.6 Å². The zero-order chi connectivity index (χ0) is 14.0. The molecule has 5 heteroatoms. The summed E-state index contributed by atoms with van der Waals surface area (Å²) in [6.07, 6.45) is -0.228. The minimum atomic E-state index is -0.347. The van der Waals surface area contributed by atoms with Crippen molar-refractivity contribution in [3.63, 3.8) is 0 Å². The van der Waals surface area contributed by atoms with E-state index in [9.17, 15) is 10.2 Å². The van der Waals surface area contributed by atoms with Gasteiger partial charge in [0.15, 0.2) is 0 Å². The van der Waals surface area contributed by atoms with Crippen LogP contribution in [0, 0.1) is 0 Å². The molecule has 1 heterocycles. The molecule has 0 aromatic heterocycles. The Morgan fingerprint density at radius 2 is 2.16 bits per heavy atom. The number of ether oxygens (including phenoxy) is 1. The van der Waals surface area contributed by atoms with Gasteiger partial charge >= 0.3 is 0 Å². The molecular weight excluding hydrogens is 266 g/mol. The van der Waals surface area contributed by atoms with Gasteiger partial charge in [-0.1, -0.05) is 17.7 Å². The summed E-state index contributed by atoms with van der Waals surface area (Å²) in [4.78, 5) is 2.11. The third-order valence-electron chi connectivity index (χ3n) is 3.24. The van der Waals surface area contributed by atoms with Crippen LogP contribution in [-0.2, 0) is 11.3 Å². The molecule has 0 saturated carbocycles. The van der Waals surface area contributed by atoms with Gasteiger partial charge in [0.05, 0.1) is 24.9 Å². The highest BCUT2D eigenvalue weighted by molar-refractivity contribution is 6.30. The lowest BCUT2D eigenvalue weighted by molar-refractivity contribution is -0.101. The van der Waals surface area contributed by atoms with Gasteiger partial charge < -0.3 is 19.8 Å². The first-order valence-electron chi connectivity index (χ1n) is 6.38. The Bertz CT molecular complexity index is 450. The predicted octanol–water partition coefficient (Wildman–Crippen LogP) is 1.81. The van der Waals surface area contributed by atoms with Crippen molar-refractivity contribution in [1.29, 1.82) is 0 Å². The molecular formula is C14H20ClNO3. The van der Waals surface area contributed by atoms with Gasteiger partial charge in [0.1, 0.15) is 0 Å². The monoisotopic (exact) mass is 285 g/mol. The second kappa shape index (κ2) is 5.67. The van der Waals surface area contributed by atoms with Gasteiger partial charge in [-0.05, 0) is 26.0 Å². The Morgan fingerprint density at radius 1 is 1.42 bits per heavy atom. The first kappa shape index (κ1) is 14.6. The Labute approximate surface area is 118 Å². The molecule has 4 nitrogen and oxygen atoms in total. The van der Waals surface area contributed by atoms with Gasteiger partial charge in [-0.2, -0.15) is 0 Å². The second-order valence-electron chi connectivity index (χ2n) is 5.49. The zero-order valence-corrected chi connectivity index (χ0v) is 12.0. The lowest BCUT2D eigenvalue weighted by atomic mass is 10.0. The number of anilines is 1. The van der Waals surface area contributed by atoms with Crippen LogP contribution in [0.25, 0.3) is 0 Å². The molecule has 1 unspecified atom stereocenters. The number of aliphatic hydroxyl groups is 2. The van der Waals surface area contributed by atoms with Gasteiger partial charge in [-0.3, -0.25) is 0 Å². The summed E-state index contributed by atoms with van der Waals surface area (Å²) in [6.45, 7) is 5.21. The SMILES string of the molecule is CC1(C)CN(c2cc(Cl)ccc2CO)CC(CO)O1. The van der Waals surface area contributed by atoms with Crippen molar-refractivity contribution in [3.05, 3.63) is 28.8 Å². The molecule has 0 bridgehead atoms. The summed E-state index contributed by atoms with van der Waals surface area (Å²) in [5, 5.41) is 19.4. The smallest absolute Gasteiger partial charge is 0.0988 e. The molecule has 0 amide bonds. The van der Waals surface area contributed by atoms with Gasteiger partial charge in [0.2, 0.25) is 0 Å². The summed E-state index contributed by atoms with van der Waals surface area (Å²) >= 11 is 6.05. The fourth-order valence-electron chi connectivity index (χ4n) is 2.54. The first-order chi connectivity index (χ1) is 8.95. The van der Waals surface area contributed by atoms with Gasteiger partial charge in [-0.15, -0.1) is 0 Å². The normalized spacial score (nSPS) is 22.6. The number of hydrogen-bond acceptors (Lipinski definition) is 4. The first-order valence-corrected chi connectivity index (χ1v) is 6.76. The molecule has 1 atom stereocenters. The van der Waals surface area contributed by atoms with Crippen LogP contribution >= 0.6 is 11.6 Å². The van der Waals surface area contributed by atoms with E-state index in [-0.39, 0.29) is 24.9 Å². The number of benzene rings is 1. The largest absolute Gasteiger partial charge is 0.394 e. The number of rotatable bonds is 3. The van der Waals surface area contributed by atoms with Crippen molar-refractivity contribution in [2.45, 2.75) is 32.2 Å². The number of hydrogen-bond donors (Lipinski definition) is 2. The van der Waals surface area contributed by atoms with Crippen molar-refractivity contribution >= 4 is 17.3 Å². The maximum absolute atomic E-state index is 9.44. The topological polar surface area (TPSA) is 52.9 Å². The third kappa shape index (κ3) is 3.39. The third-order valence-corrected chi connectivity index (χ3v) is 3.48. The zero-order valence-electron chi connectivity index (χ0n) is 11.3. The van der Waals surface area contributed by atoms with Gasteiger partial charge in [0.25, 0.3) is 0 Å². The Hall–Kier alpha value is -0.810. The molecule has 19 heavy (non-hydrogen) atoms. The highest BCUT2D eigenvalue weighted by Crippen LogP contribution is 2.30. The molecule has 0 radical (unpaired) electrons. The number of halogens is 1. The van der Waals surface area contributed by atoms with E-state index in [1.165, 1.54) is 0 Å². The molecule has 1 aromatic carbocycles. The van der Waals surface area contributed by atoms with Crippen LogP contribution in [0.2, 0.25) is 5.02 Å². The molecule has 0 aliphatic carbocycles. The van der Waals surface area contributed by atoms with Crippen LogP contribution in [0.5, 0.6) is 0 Å². The highest BCUT2D eigenvalue weighted by atomic mass is 35.5. The van der Waals surface area contributed by atoms with Crippen LogP contribution in [0.1, 0.15) is 19.4 Å². The van der Waals surface area contributed by atoms with Crippen molar-refractivity contribution < 1.29 is 14.9 Å². The average Bonchev–Trinajstić information content (AvgIpc) is 2.36. The predicted molar refractivity (Wildman–Crippen MR) is 75.6 cm³/mol. The molecule has 0 spiro atoms. The summed E-state index contributed by atoms with van der Waals surface area (Å²) in [7, 11) is 0. The standard InChI is InChI=1S/C14H20ClNO3/c1-14(2)9-16(6-12(8-18)19-14)13-5-11(15)4-3-10(13)7-17/h3-5,12,17-18H,6-9H2,1-2H3. The van der Waals surface area contributed by atoms with E-state index >= 15 is 0 Å². The molecule has 1 aromatic rings. The second-order valence-corrected chi connectivity index (χ2v) is 5.93. The maximum Gasteiger partial charge on any atom is 0.0988 e. The van der Waals surface area contributed by atoms with Crippen LogP contribution in [0.3, 0.4) is 0 Å². The fourth-order valence-corrected chi connectivity index (χ4v) is 2.71. The van der Waals surface area contributed by atoms with E-state index in [4.69, 9.17) is 16.3 Å². The van der Waals surface area contributed by atoms with E-state index in [2.05, 4.69) is 4.90 Å². The number of morpholine rings is 1. The Morgan fingerprint density at radius 3 is 2.79 bits per heavy atom. The summed E-state index contributed by atoms with van der Waals surface area (Å²) < 4.78 is 5.79. The maximum atomic E-state index is 9.44. The lowest BCUT2D eigenvalue weighted by Crippen LogP contribution is -2.54. The fraction of sp³-hybridized carbons (Fsp3) is 0.571. The van der Waals surface area contributed by atoms with Crippen LogP contribution < -0.4 is 4.90 Å². The quantitative estimate of drug-likeness (QED) is 0.889. The van der Waals surface area contributed by atoms with E-state index in [1.54, 1.807) is 6.07 Å². The van der Waals surface area contributed by atoms with Crippen molar-refractivity contribution in [1.82, 2.24) is 0 Å². The van der Waals surface area contributed by atoms with Crippen molar-refractivity contribution in [2.75, 3.05) is 24.6 Å². The Kier molecular flexibility index (Phi) is 4.36. The van der Waals surface area contributed by atoms with Gasteiger partial charge in [-0.25, -0.2) is 0 Å². The van der Waals surface area contributed by atoms with Gasteiger partial charge in [0, 0.05) is 29.4 Å². The minimum Gasteiger partial charge on any atom is -0.394 e. The molecule has 1 saturated heterocycles. The van der Waals surface area contributed by atoms with Crippen molar-refractivity contribution in [3.8, 4) is 0 Å². The average molecular weight is 286 g/mol. The van der Waals surface area contributed by atoms with E-state index < -0.39 is 0 Å². The molecule has 1 fully saturated rings. The van der Waals surface area contributed by atoms with E-state index in [0.29, 0.717) is 18.1 Å². The number of nitrogens with zero attached hydrogens (tertiary/aromatic N) is 1. The minimum absolute atomic E-state index is 0.0189. The lowest BCUT2D eigenvalue weighted by Gasteiger charge is -2.44. The van der Waals surface area contributed by atoms with E-state index in [0.717, 1.165) is 11.3 Å². The van der Waals surface area contributed by atoms with Crippen molar-refractivity contribution in [2.24, 2.45) is 0 Å². The molecule has 1 aliphatic rings. The summed E-state index contributed by atoms with van der Waals surface area (Å²) in [5.74, 6) is 0. The number of aliphatic hydroxyl groups excluding tert-OH is 2. The summed E-state index contributed by atoms with van der Waals surface area (Å²) in [6, 6.07) is 5.45. The molecule has 2 rings (SSSR count). The van der Waals surface area contributed by atoms with E-state index in [1.807, 2.05) is 26.0 Å². The van der Waals surface area contributed by atoms with Crippen LogP contribution in [0.4, 0.5) is 5.69 Å². The Balaban J connectivity index is 2.32. The molecule has 2 N–H and O–H groups in total. The summed E-state index contributed by atoms with van der Waals surface area (Å²) in [5.41, 5.74) is 1.39. The molecule has 106 valence electrons.